The molecule has 0 amide bonds. The standard InChI is InChI=1S/C8H14N6O/c9-6-12-4-3-11-7(10)14-2-1-5(15)8(4,14)13-6/h4-5,15H,1-3H2,(H2,10,11)(H3,9,12,13)/t4?,5?,8-/m0/s1. The number of aliphatic hydroxyl groups excluding tert-OH is 1. The van der Waals surface area contributed by atoms with Crippen LogP contribution in [0.3, 0.4) is 0 Å². The van der Waals surface area contributed by atoms with Crippen molar-refractivity contribution >= 4 is 11.9 Å². The van der Waals surface area contributed by atoms with E-state index in [1.807, 2.05) is 4.90 Å². The third-order valence-corrected chi connectivity index (χ3v) is 3.44. The molecule has 0 bridgehead atoms. The van der Waals surface area contributed by atoms with Gasteiger partial charge in [0.25, 0.3) is 0 Å². The van der Waals surface area contributed by atoms with Crippen molar-refractivity contribution in [3.05, 3.63) is 0 Å². The predicted octanol–water partition coefficient (Wildman–Crippen LogP) is -2.43. The summed E-state index contributed by atoms with van der Waals surface area (Å²) in [4.78, 5) is 6.07. The molecule has 0 saturated carbocycles. The van der Waals surface area contributed by atoms with Crippen molar-refractivity contribution in [2.75, 3.05) is 13.1 Å². The molecule has 82 valence electrons. The van der Waals surface area contributed by atoms with E-state index in [2.05, 4.69) is 15.6 Å². The van der Waals surface area contributed by atoms with Gasteiger partial charge in [0.05, 0.1) is 6.10 Å². The Labute approximate surface area is 86.9 Å². The van der Waals surface area contributed by atoms with Crippen LogP contribution in [0.2, 0.25) is 0 Å². The summed E-state index contributed by atoms with van der Waals surface area (Å²) in [5.41, 5.74) is 4.98. The Kier molecular flexibility index (Phi) is 1.49. The van der Waals surface area contributed by atoms with Crippen LogP contribution in [-0.2, 0) is 0 Å². The lowest BCUT2D eigenvalue weighted by molar-refractivity contribution is 0.0265. The summed E-state index contributed by atoms with van der Waals surface area (Å²) >= 11 is 0. The molecule has 3 aliphatic rings. The van der Waals surface area contributed by atoms with Crippen molar-refractivity contribution in [3.63, 3.8) is 0 Å². The zero-order chi connectivity index (χ0) is 10.6. The minimum absolute atomic E-state index is 0.121. The zero-order valence-electron chi connectivity index (χ0n) is 8.20. The lowest BCUT2D eigenvalue weighted by atomic mass is 9.94. The summed E-state index contributed by atoms with van der Waals surface area (Å²) in [5, 5.41) is 23.8. The Morgan fingerprint density at radius 2 is 2.47 bits per heavy atom. The van der Waals surface area contributed by atoms with Crippen LogP contribution in [0.15, 0.2) is 4.99 Å². The van der Waals surface area contributed by atoms with Gasteiger partial charge in [0, 0.05) is 13.1 Å². The largest absolute Gasteiger partial charge is 0.389 e. The third-order valence-electron chi connectivity index (χ3n) is 3.44. The van der Waals surface area contributed by atoms with Gasteiger partial charge in [0.1, 0.15) is 6.04 Å². The van der Waals surface area contributed by atoms with Gasteiger partial charge in [-0.1, -0.05) is 0 Å². The van der Waals surface area contributed by atoms with Crippen LogP contribution >= 0.6 is 0 Å². The highest BCUT2D eigenvalue weighted by Crippen LogP contribution is 2.36. The van der Waals surface area contributed by atoms with E-state index in [9.17, 15) is 5.11 Å². The van der Waals surface area contributed by atoms with Gasteiger partial charge in [-0.05, 0) is 6.42 Å². The van der Waals surface area contributed by atoms with E-state index in [0.717, 1.165) is 0 Å². The lowest BCUT2D eigenvalue weighted by Gasteiger charge is -2.45. The van der Waals surface area contributed by atoms with Gasteiger partial charge in [-0.3, -0.25) is 5.41 Å². The van der Waals surface area contributed by atoms with E-state index in [1.54, 1.807) is 0 Å². The SMILES string of the molecule is N=C1NCC2N=C(N)N[C@@]23C(O)CCN13. The maximum absolute atomic E-state index is 10.1. The van der Waals surface area contributed by atoms with Crippen LogP contribution in [0.25, 0.3) is 0 Å². The summed E-state index contributed by atoms with van der Waals surface area (Å²) in [6, 6.07) is -0.121. The van der Waals surface area contributed by atoms with Crippen molar-refractivity contribution in [2.24, 2.45) is 10.7 Å². The molecule has 3 heterocycles. The zero-order valence-corrected chi connectivity index (χ0v) is 8.20. The normalized spacial score (nSPS) is 42.9. The fourth-order valence-corrected chi connectivity index (χ4v) is 2.76. The molecule has 7 heteroatoms. The number of hydrogen-bond donors (Lipinski definition) is 5. The fraction of sp³-hybridized carbons (Fsp3) is 0.750. The second-order valence-corrected chi connectivity index (χ2v) is 4.17. The molecule has 2 saturated heterocycles. The van der Waals surface area contributed by atoms with Crippen LogP contribution < -0.4 is 16.4 Å². The van der Waals surface area contributed by atoms with Crippen LogP contribution in [0, 0.1) is 5.41 Å². The summed E-state index contributed by atoms with van der Waals surface area (Å²) in [6.45, 7) is 1.19. The summed E-state index contributed by atoms with van der Waals surface area (Å²) < 4.78 is 0. The first kappa shape index (κ1) is 8.78. The van der Waals surface area contributed by atoms with Crippen molar-refractivity contribution in [1.29, 1.82) is 5.41 Å². The molecular weight excluding hydrogens is 196 g/mol. The molecular formula is C8H14N6O. The smallest absolute Gasteiger partial charge is 0.193 e. The van der Waals surface area contributed by atoms with Crippen molar-refractivity contribution < 1.29 is 5.11 Å². The van der Waals surface area contributed by atoms with Crippen molar-refractivity contribution in [1.82, 2.24) is 15.5 Å². The van der Waals surface area contributed by atoms with Crippen LogP contribution in [-0.4, -0.2) is 52.8 Å². The fourth-order valence-electron chi connectivity index (χ4n) is 2.76. The first-order valence-electron chi connectivity index (χ1n) is 5.04. The number of nitrogens with two attached hydrogens (primary N) is 1. The van der Waals surface area contributed by atoms with Gasteiger partial charge in [-0.25, -0.2) is 4.99 Å². The van der Waals surface area contributed by atoms with Crippen LogP contribution in [0.5, 0.6) is 0 Å². The van der Waals surface area contributed by atoms with E-state index in [0.29, 0.717) is 31.4 Å². The summed E-state index contributed by atoms with van der Waals surface area (Å²) in [5.74, 6) is 0.683. The molecule has 7 nitrogen and oxygen atoms in total. The average molecular weight is 210 g/mol. The van der Waals surface area contributed by atoms with E-state index >= 15 is 0 Å². The highest BCUT2D eigenvalue weighted by atomic mass is 16.3. The monoisotopic (exact) mass is 210 g/mol. The van der Waals surface area contributed by atoms with Gasteiger partial charge in [0.15, 0.2) is 17.6 Å². The molecule has 0 aliphatic carbocycles. The number of rotatable bonds is 0. The summed E-state index contributed by atoms with van der Waals surface area (Å²) in [6.07, 6.45) is 0.103. The number of nitrogens with zero attached hydrogens (tertiary/aromatic N) is 2. The maximum atomic E-state index is 10.1. The maximum Gasteiger partial charge on any atom is 0.193 e. The number of nitrogens with one attached hydrogen (secondary N) is 3. The van der Waals surface area contributed by atoms with Gasteiger partial charge in [0.2, 0.25) is 0 Å². The molecule has 2 fully saturated rings. The van der Waals surface area contributed by atoms with E-state index in [1.165, 1.54) is 0 Å². The van der Waals surface area contributed by atoms with E-state index in [-0.39, 0.29) is 6.04 Å². The quantitative estimate of drug-likeness (QED) is 0.305. The molecule has 0 radical (unpaired) electrons. The molecule has 0 aromatic carbocycles. The van der Waals surface area contributed by atoms with Crippen molar-refractivity contribution in [3.8, 4) is 0 Å². The van der Waals surface area contributed by atoms with Gasteiger partial charge >= 0.3 is 0 Å². The Bertz CT molecular complexity index is 355. The molecule has 15 heavy (non-hydrogen) atoms. The molecule has 0 aromatic rings. The first-order chi connectivity index (χ1) is 7.14. The molecule has 3 atom stereocenters. The summed E-state index contributed by atoms with van der Waals surface area (Å²) in [7, 11) is 0. The highest BCUT2D eigenvalue weighted by molar-refractivity contribution is 5.86. The number of hydrogen-bond acceptors (Lipinski definition) is 5. The number of guanidine groups is 2. The molecule has 3 aliphatic heterocycles. The minimum atomic E-state index is -0.674. The van der Waals surface area contributed by atoms with Gasteiger partial charge in [-0.15, -0.1) is 0 Å². The highest BCUT2D eigenvalue weighted by Gasteiger charge is 2.59. The van der Waals surface area contributed by atoms with Crippen LogP contribution in [0.4, 0.5) is 0 Å². The first-order valence-corrected chi connectivity index (χ1v) is 5.04. The van der Waals surface area contributed by atoms with Gasteiger partial charge in [-0.2, -0.15) is 0 Å². The topological polar surface area (TPSA) is 110 Å². The average Bonchev–Trinajstić information content (AvgIpc) is 2.68. The second kappa shape index (κ2) is 2.54. The molecule has 1 spiro atoms. The number of aliphatic hydroxyl groups is 1. The molecule has 6 N–H and O–H groups in total. The second-order valence-electron chi connectivity index (χ2n) is 4.17. The third kappa shape index (κ3) is 0.883. The molecule has 3 rings (SSSR count). The van der Waals surface area contributed by atoms with Crippen molar-refractivity contribution in [2.45, 2.75) is 24.2 Å². The Hall–Kier alpha value is -1.50. The minimum Gasteiger partial charge on any atom is -0.389 e. The van der Waals surface area contributed by atoms with E-state index in [4.69, 9.17) is 11.1 Å². The Morgan fingerprint density at radius 3 is 3.27 bits per heavy atom. The van der Waals surface area contributed by atoms with Crippen LogP contribution in [0.1, 0.15) is 6.42 Å². The lowest BCUT2D eigenvalue weighted by Crippen LogP contribution is -2.73. The predicted molar refractivity (Wildman–Crippen MR) is 54.3 cm³/mol. The molecule has 0 aromatic heterocycles. The molecule has 2 unspecified atom stereocenters. The Morgan fingerprint density at radius 1 is 1.67 bits per heavy atom. The number of aliphatic imine (C=N–C) groups is 1. The van der Waals surface area contributed by atoms with E-state index < -0.39 is 11.8 Å². The Balaban J connectivity index is 2.05. The van der Waals surface area contributed by atoms with Gasteiger partial charge < -0.3 is 26.4 Å².